The van der Waals surface area contributed by atoms with Crippen LogP contribution in [0, 0.1) is 11.3 Å². The van der Waals surface area contributed by atoms with Crippen molar-refractivity contribution in [2.45, 2.75) is 13.8 Å². The highest BCUT2D eigenvalue weighted by atomic mass is 35.5. The summed E-state index contributed by atoms with van der Waals surface area (Å²) in [6.45, 7) is 6.89. The molecule has 1 rings (SSSR count). The van der Waals surface area contributed by atoms with E-state index in [-0.39, 0.29) is 23.2 Å². The molecule has 0 amide bonds. The zero-order valence-electron chi connectivity index (χ0n) is 12.7. The summed E-state index contributed by atoms with van der Waals surface area (Å²) in [5.74, 6) is 0.356. The summed E-state index contributed by atoms with van der Waals surface area (Å²) in [7, 11) is 0. The standard InChI is InChI=1S/C15H19N3O2S.ClH/c1-3-18(4-2)9-10-21-15(17-20)14(19)13-7-5-12(11-16)6-8-13;/h5-8,20H,3-4,9-10H2,1-2H3;1H/b17-15-;. The van der Waals surface area contributed by atoms with Gasteiger partial charge in [-0.2, -0.15) is 5.26 Å². The van der Waals surface area contributed by atoms with E-state index in [0.717, 1.165) is 19.6 Å². The van der Waals surface area contributed by atoms with Gasteiger partial charge in [-0.3, -0.25) is 4.79 Å². The number of oxime groups is 1. The predicted molar refractivity (Wildman–Crippen MR) is 92.2 cm³/mol. The molecule has 0 unspecified atom stereocenters. The van der Waals surface area contributed by atoms with Crippen LogP contribution in [0.4, 0.5) is 0 Å². The van der Waals surface area contributed by atoms with E-state index in [4.69, 9.17) is 10.5 Å². The molecule has 0 fully saturated rings. The largest absolute Gasteiger partial charge is 0.410 e. The molecule has 0 radical (unpaired) electrons. The first-order valence-corrected chi connectivity index (χ1v) is 7.76. The van der Waals surface area contributed by atoms with Gasteiger partial charge in [-0.1, -0.05) is 30.8 Å². The zero-order chi connectivity index (χ0) is 15.7. The van der Waals surface area contributed by atoms with Crippen molar-refractivity contribution >= 4 is 35.0 Å². The van der Waals surface area contributed by atoms with E-state index in [9.17, 15) is 4.79 Å². The van der Waals surface area contributed by atoms with Crippen molar-refractivity contribution in [1.82, 2.24) is 4.90 Å². The summed E-state index contributed by atoms with van der Waals surface area (Å²) in [5.41, 5.74) is 0.903. The molecule has 0 aliphatic rings. The fourth-order valence-corrected chi connectivity index (χ4v) is 2.62. The van der Waals surface area contributed by atoms with Crippen LogP contribution >= 0.6 is 24.2 Å². The molecular formula is C15H20ClN3O2S. The topological polar surface area (TPSA) is 76.7 Å². The van der Waals surface area contributed by atoms with Crippen molar-refractivity contribution in [2.75, 3.05) is 25.4 Å². The number of halogens is 1. The van der Waals surface area contributed by atoms with Crippen LogP contribution in [0.2, 0.25) is 0 Å². The third-order valence-electron chi connectivity index (χ3n) is 3.10. The molecule has 5 nitrogen and oxygen atoms in total. The lowest BCUT2D eigenvalue weighted by atomic mass is 10.1. The summed E-state index contributed by atoms with van der Waals surface area (Å²) >= 11 is 1.24. The quantitative estimate of drug-likeness (QED) is 0.271. The van der Waals surface area contributed by atoms with E-state index < -0.39 is 0 Å². The smallest absolute Gasteiger partial charge is 0.221 e. The highest BCUT2D eigenvalue weighted by Gasteiger charge is 2.15. The number of rotatable bonds is 7. The van der Waals surface area contributed by atoms with Crippen molar-refractivity contribution in [2.24, 2.45) is 5.16 Å². The number of benzene rings is 1. The number of Topliss-reactive ketones (excluding diaryl/α,β-unsaturated/α-hetero) is 1. The van der Waals surface area contributed by atoms with E-state index in [1.807, 2.05) is 6.07 Å². The molecule has 0 aromatic heterocycles. The Bertz CT molecular complexity index is 537. The van der Waals surface area contributed by atoms with E-state index in [1.54, 1.807) is 24.3 Å². The number of carbonyl (C=O) groups excluding carboxylic acids is 1. The minimum absolute atomic E-state index is 0. The minimum Gasteiger partial charge on any atom is -0.410 e. The van der Waals surface area contributed by atoms with Gasteiger partial charge in [0.25, 0.3) is 0 Å². The van der Waals surface area contributed by atoms with Gasteiger partial charge in [0.1, 0.15) is 0 Å². The molecule has 0 saturated heterocycles. The Kier molecular flexibility index (Phi) is 10.3. The molecule has 0 aliphatic carbocycles. The van der Waals surface area contributed by atoms with Crippen LogP contribution in [0.3, 0.4) is 0 Å². The summed E-state index contributed by atoms with van der Waals surface area (Å²) in [5, 5.41) is 20.9. The average Bonchev–Trinajstić information content (AvgIpc) is 2.55. The number of nitrogens with zero attached hydrogens (tertiary/aromatic N) is 3. The van der Waals surface area contributed by atoms with Gasteiger partial charge < -0.3 is 10.1 Å². The molecule has 0 saturated carbocycles. The second-order valence-corrected chi connectivity index (χ2v) is 5.38. The Morgan fingerprint density at radius 1 is 1.32 bits per heavy atom. The summed E-state index contributed by atoms with van der Waals surface area (Å²) in [6.07, 6.45) is 0. The minimum atomic E-state index is -0.327. The first-order valence-electron chi connectivity index (χ1n) is 6.78. The maximum atomic E-state index is 12.2. The third-order valence-corrected chi connectivity index (χ3v) is 4.03. The van der Waals surface area contributed by atoms with Gasteiger partial charge in [0.2, 0.25) is 5.78 Å². The molecule has 22 heavy (non-hydrogen) atoms. The second-order valence-electron chi connectivity index (χ2n) is 4.30. The van der Waals surface area contributed by atoms with Gasteiger partial charge in [0.15, 0.2) is 5.04 Å². The van der Waals surface area contributed by atoms with Crippen LogP contribution < -0.4 is 0 Å². The maximum absolute atomic E-state index is 12.2. The van der Waals surface area contributed by atoms with E-state index in [1.165, 1.54) is 11.8 Å². The fourth-order valence-electron chi connectivity index (χ4n) is 1.77. The molecule has 1 aromatic carbocycles. The van der Waals surface area contributed by atoms with Gasteiger partial charge >= 0.3 is 0 Å². The lowest BCUT2D eigenvalue weighted by Gasteiger charge is -2.17. The Labute approximate surface area is 141 Å². The van der Waals surface area contributed by atoms with Gasteiger partial charge in [0.05, 0.1) is 11.6 Å². The third kappa shape index (κ3) is 6.06. The lowest BCUT2D eigenvalue weighted by molar-refractivity contribution is 0.106. The zero-order valence-corrected chi connectivity index (χ0v) is 14.3. The normalized spacial score (nSPS) is 10.9. The van der Waals surface area contributed by atoms with Crippen molar-refractivity contribution < 1.29 is 10.0 Å². The Balaban J connectivity index is 0.00000441. The molecule has 0 aliphatic heterocycles. The van der Waals surface area contributed by atoms with Crippen molar-refractivity contribution in [1.29, 1.82) is 5.26 Å². The van der Waals surface area contributed by atoms with Gasteiger partial charge in [-0.15, -0.1) is 12.4 Å². The van der Waals surface area contributed by atoms with Crippen LogP contribution in [0.25, 0.3) is 0 Å². The molecule has 0 spiro atoms. The first kappa shape index (κ1) is 20.5. The average molecular weight is 342 g/mol. The predicted octanol–water partition coefficient (Wildman–Crippen LogP) is 3.03. The molecule has 1 N–H and O–H groups in total. The lowest BCUT2D eigenvalue weighted by Crippen LogP contribution is -2.26. The van der Waals surface area contributed by atoms with Crippen molar-refractivity contribution in [3.8, 4) is 6.07 Å². The molecule has 0 bridgehead atoms. The van der Waals surface area contributed by atoms with Gasteiger partial charge in [0, 0.05) is 17.9 Å². The number of nitriles is 1. The van der Waals surface area contributed by atoms with E-state index in [2.05, 4.69) is 23.9 Å². The Morgan fingerprint density at radius 2 is 1.91 bits per heavy atom. The molecule has 1 aromatic rings. The fraction of sp³-hybridized carbons (Fsp3) is 0.400. The number of hydrogen-bond acceptors (Lipinski definition) is 6. The SMILES string of the molecule is CCN(CC)CCS/C(=N\O)C(=O)c1ccc(C#N)cc1.Cl. The van der Waals surface area contributed by atoms with E-state index >= 15 is 0 Å². The number of hydrogen-bond donors (Lipinski definition) is 1. The first-order chi connectivity index (χ1) is 10.2. The monoisotopic (exact) mass is 341 g/mol. The highest BCUT2D eigenvalue weighted by Crippen LogP contribution is 2.12. The second kappa shape index (κ2) is 11.1. The summed E-state index contributed by atoms with van der Waals surface area (Å²) in [4.78, 5) is 14.4. The van der Waals surface area contributed by atoms with Crippen LogP contribution in [0.5, 0.6) is 0 Å². The maximum Gasteiger partial charge on any atom is 0.221 e. The van der Waals surface area contributed by atoms with Crippen LogP contribution in [0.15, 0.2) is 29.4 Å². The number of carbonyl (C=O) groups is 1. The van der Waals surface area contributed by atoms with Gasteiger partial charge in [-0.25, -0.2) is 0 Å². The summed E-state index contributed by atoms with van der Waals surface area (Å²) in [6, 6.07) is 8.27. The highest BCUT2D eigenvalue weighted by molar-refractivity contribution is 8.15. The molecular weight excluding hydrogens is 322 g/mol. The number of ketones is 1. The Hall–Kier alpha value is -1.55. The number of thioether (sulfide) groups is 1. The van der Waals surface area contributed by atoms with Crippen LogP contribution in [0.1, 0.15) is 29.8 Å². The van der Waals surface area contributed by atoms with E-state index in [0.29, 0.717) is 16.9 Å². The molecule has 120 valence electrons. The summed E-state index contributed by atoms with van der Waals surface area (Å²) < 4.78 is 0. The molecule has 0 atom stereocenters. The van der Waals surface area contributed by atoms with Crippen molar-refractivity contribution in [3.63, 3.8) is 0 Å². The van der Waals surface area contributed by atoms with Crippen molar-refractivity contribution in [3.05, 3.63) is 35.4 Å². The molecule has 0 heterocycles. The van der Waals surface area contributed by atoms with Gasteiger partial charge in [-0.05, 0) is 37.4 Å². The van der Waals surface area contributed by atoms with Crippen LogP contribution in [-0.4, -0.2) is 46.3 Å². The Morgan fingerprint density at radius 3 is 2.36 bits per heavy atom. The molecule has 7 heteroatoms. The van der Waals surface area contributed by atoms with Crippen LogP contribution in [-0.2, 0) is 0 Å².